The van der Waals surface area contributed by atoms with E-state index in [0.29, 0.717) is 5.92 Å². The summed E-state index contributed by atoms with van der Waals surface area (Å²) in [6.45, 7) is 4.52. The fourth-order valence-corrected chi connectivity index (χ4v) is 3.94. The first-order valence-corrected chi connectivity index (χ1v) is 9.49. The molecule has 4 heterocycles. The smallest absolute Gasteiger partial charge is 0.153 e. The average Bonchev–Trinajstić information content (AvgIpc) is 3.27. The highest BCUT2D eigenvalue weighted by Gasteiger charge is 2.20. The third-order valence-corrected chi connectivity index (χ3v) is 5.25. The molecule has 0 saturated carbocycles. The number of aromatic nitrogens is 4. The fourth-order valence-electron chi connectivity index (χ4n) is 3.94. The number of ether oxygens (including phenoxy) is 1. The number of benzene rings is 1. The highest BCUT2D eigenvalue weighted by molar-refractivity contribution is 5.79. The topological polar surface area (TPSA) is 58.5 Å². The minimum absolute atomic E-state index is 0.442. The van der Waals surface area contributed by atoms with Gasteiger partial charge < -0.3 is 9.72 Å². The SMILES string of the molecule is c1cn2nc(C[C@H]3COCCN(Cc4ccc5[nH]ccc5c4)C3)ccc2n1. The largest absolute Gasteiger partial charge is 0.380 e. The van der Waals surface area contributed by atoms with E-state index < -0.39 is 0 Å². The van der Waals surface area contributed by atoms with Gasteiger partial charge in [-0.15, -0.1) is 0 Å². The summed E-state index contributed by atoms with van der Waals surface area (Å²) in [4.78, 5) is 10.0. The summed E-state index contributed by atoms with van der Waals surface area (Å²) in [6, 6.07) is 12.9. The van der Waals surface area contributed by atoms with Gasteiger partial charge in [-0.3, -0.25) is 4.90 Å². The minimum atomic E-state index is 0.442. The van der Waals surface area contributed by atoms with Crippen LogP contribution >= 0.6 is 0 Å². The number of imidazole rings is 1. The molecule has 0 aliphatic carbocycles. The predicted octanol–water partition coefficient (Wildman–Crippen LogP) is 2.90. The van der Waals surface area contributed by atoms with Crippen LogP contribution in [0.15, 0.2) is 55.0 Å². The zero-order valence-corrected chi connectivity index (χ0v) is 15.2. The first-order chi connectivity index (χ1) is 13.3. The van der Waals surface area contributed by atoms with Crippen molar-refractivity contribution in [2.24, 2.45) is 5.92 Å². The van der Waals surface area contributed by atoms with Crippen LogP contribution in [0.1, 0.15) is 11.3 Å². The summed E-state index contributed by atoms with van der Waals surface area (Å²) in [5.74, 6) is 0.442. The van der Waals surface area contributed by atoms with E-state index >= 15 is 0 Å². The van der Waals surface area contributed by atoms with Crippen molar-refractivity contribution in [3.63, 3.8) is 0 Å². The normalized spacial score (nSPS) is 18.9. The van der Waals surface area contributed by atoms with Crippen LogP contribution < -0.4 is 0 Å². The molecule has 6 heteroatoms. The van der Waals surface area contributed by atoms with Crippen molar-refractivity contribution >= 4 is 16.6 Å². The Balaban J connectivity index is 1.29. The number of nitrogens with one attached hydrogen (secondary N) is 1. The van der Waals surface area contributed by atoms with Gasteiger partial charge in [0, 0.05) is 49.7 Å². The molecule has 1 N–H and O–H groups in total. The van der Waals surface area contributed by atoms with Crippen molar-refractivity contribution in [2.75, 3.05) is 26.3 Å². The maximum Gasteiger partial charge on any atom is 0.153 e. The molecule has 3 aromatic heterocycles. The van der Waals surface area contributed by atoms with Gasteiger partial charge in [0.15, 0.2) is 5.65 Å². The molecule has 1 aliphatic rings. The number of nitrogens with zero attached hydrogens (tertiary/aromatic N) is 4. The molecule has 1 atom stereocenters. The van der Waals surface area contributed by atoms with E-state index in [-0.39, 0.29) is 0 Å². The Morgan fingerprint density at radius 2 is 2.19 bits per heavy atom. The standard InChI is InChI=1S/C21H23N5O/c1-3-20-18(5-6-22-20)11-16(1)13-25-9-10-27-15-17(14-25)12-19-2-4-21-23-7-8-26(21)24-19/h1-8,11,17,22H,9-10,12-15H2/t17-/m1/s1. The Kier molecular flexibility index (Phi) is 4.35. The number of fused-ring (bicyclic) bond motifs is 2. The lowest BCUT2D eigenvalue weighted by atomic mass is 10.0. The van der Waals surface area contributed by atoms with E-state index in [2.05, 4.69) is 50.3 Å². The molecule has 0 amide bonds. The van der Waals surface area contributed by atoms with Crippen LogP contribution in [0.5, 0.6) is 0 Å². The lowest BCUT2D eigenvalue weighted by Crippen LogP contribution is -2.30. The van der Waals surface area contributed by atoms with E-state index in [0.717, 1.165) is 50.6 Å². The van der Waals surface area contributed by atoms with Crippen LogP contribution in [0.25, 0.3) is 16.6 Å². The zero-order valence-electron chi connectivity index (χ0n) is 15.2. The molecule has 0 bridgehead atoms. The molecule has 0 spiro atoms. The summed E-state index contributed by atoms with van der Waals surface area (Å²) in [7, 11) is 0. The molecule has 1 aliphatic heterocycles. The van der Waals surface area contributed by atoms with Crippen LogP contribution in [0.2, 0.25) is 0 Å². The minimum Gasteiger partial charge on any atom is -0.380 e. The number of H-pyrrole nitrogens is 1. The van der Waals surface area contributed by atoms with E-state index in [1.54, 1.807) is 6.20 Å². The van der Waals surface area contributed by atoms with Gasteiger partial charge in [0.25, 0.3) is 0 Å². The van der Waals surface area contributed by atoms with E-state index in [4.69, 9.17) is 4.74 Å². The van der Waals surface area contributed by atoms with Crippen molar-refractivity contribution in [1.29, 1.82) is 0 Å². The molecule has 138 valence electrons. The van der Waals surface area contributed by atoms with Gasteiger partial charge in [-0.25, -0.2) is 9.50 Å². The molecule has 4 aromatic rings. The summed E-state index contributed by atoms with van der Waals surface area (Å²) >= 11 is 0. The Morgan fingerprint density at radius 3 is 3.19 bits per heavy atom. The quantitative estimate of drug-likeness (QED) is 0.607. The summed E-state index contributed by atoms with van der Waals surface area (Å²) in [6.07, 6.45) is 6.59. The van der Waals surface area contributed by atoms with Crippen LogP contribution in [0.4, 0.5) is 0 Å². The van der Waals surface area contributed by atoms with E-state index in [1.807, 2.05) is 23.0 Å². The summed E-state index contributed by atoms with van der Waals surface area (Å²) in [5.41, 5.74) is 4.51. The first-order valence-electron chi connectivity index (χ1n) is 9.49. The van der Waals surface area contributed by atoms with Gasteiger partial charge in [0.2, 0.25) is 0 Å². The molecule has 0 unspecified atom stereocenters. The monoisotopic (exact) mass is 361 g/mol. The van der Waals surface area contributed by atoms with Crippen LogP contribution in [0, 0.1) is 5.92 Å². The Labute approximate surface area is 157 Å². The van der Waals surface area contributed by atoms with Gasteiger partial charge in [-0.1, -0.05) is 6.07 Å². The van der Waals surface area contributed by atoms with E-state index in [9.17, 15) is 0 Å². The third kappa shape index (κ3) is 3.59. The fraction of sp³-hybridized carbons (Fsp3) is 0.333. The highest BCUT2D eigenvalue weighted by Crippen LogP contribution is 2.18. The highest BCUT2D eigenvalue weighted by atomic mass is 16.5. The lowest BCUT2D eigenvalue weighted by Gasteiger charge is -2.23. The molecule has 6 nitrogen and oxygen atoms in total. The first kappa shape index (κ1) is 16.5. The number of aromatic amines is 1. The average molecular weight is 361 g/mol. The molecule has 5 rings (SSSR count). The lowest BCUT2D eigenvalue weighted by molar-refractivity contribution is 0.121. The van der Waals surface area contributed by atoms with Gasteiger partial charge in [-0.05, 0) is 47.7 Å². The second-order valence-electron chi connectivity index (χ2n) is 7.33. The molecule has 1 fully saturated rings. The molecule has 27 heavy (non-hydrogen) atoms. The molecule has 0 radical (unpaired) electrons. The van der Waals surface area contributed by atoms with Crippen molar-refractivity contribution in [1.82, 2.24) is 24.5 Å². The molecule has 1 aromatic carbocycles. The number of hydrogen-bond donors (Lipinski definition) is 1. The van der Waals surface area contributed by atoms with Crippen molar-refractivity contribution in [3.05, 3.63) is 66.2 Å². The van der Waals surface area contributed by atoms with Crippen LogP contribution in [-0.4, -0.2) is 50.8 Å². The van der Waals surface area contributed by atoms with Crippen LogP contribution in [-0.2, 0) is 17.7 Å². The second-order valence-corrected chi connectivity index (χ2v) is 7.33. The Bertz CT molecular complexity index is 969. The van der Waals surface area contributed by atoms with Gasteiger partial charge in [0.05, 0.1) is 18.9 Å². The Morgan fingerprint density at radius 1 is 1.19 bits per heavy atom. The number of rotatable bonds is 4. The Hall–Kier alpha value is -2.70. The second kappa shape index (κ2) is 7.13. The predicted molar refractivity (Wildman–Crippen MR) is 105 cm³/mol. The molecular weight excluding hydrogens is 338 g/mol. The van der Waals surface area contributed by atoms with Crippen molar-refractivity contribution < 1.29 is 4.74 Å². The van der Waals surface area contributed by atoms with E-state index in [1.165, 1.54) is 16.5 Å². The summed E-state index contributed by atoms with van der Waals surface area (Å²) in [5, 5.41) is 5.95. The molecule has 1 saturated heterocycles. The van der Waals surface area contributed by atoms with Gasteiger partial charge >= 0.3 is 0 Å². The summed E-state index contributed by atoms with van der Waals surface area (Å²) < 4.78 is 7.73. The van der Waals surface area contributed by atoms with Crippen molar-refractivity contribution in [2.45, 2.75) is 13.0 Å². The third-order valence-electron chi connectivity index (χ3n) is 5.25. The van der Waals surface area contributed by atoms with Gasteiger partial charge in [-0.2, -0.15) is 5.10 Å². The maximum atomic E-state index is 5.88. The molecular formula is C21H23N5O. The maximum absolute atomic E-state index is 5.88. The van der Waals surface area contributed by atoms with Gasteiger partial charge in [0.1, 0.15) is 0 Å². The van der Waals surface area contributed by atoms with Crippen LogP contribution in [0.3, 0.4) is 0 Å². The number of hydrogen-bond acceptors (Lipinski definition) is 4. The zero-order chi connectivity index (χ0) is 18.1. The van der Waals surface area contributed by atoms with Crippen molar-refractivity contribution in [3.8, 4) is 0 Å².